The van der Waals surface area contributed by atoms with E-state index in [1.807, 2.05) is 13.0 Å². The molecule has 4 nitrogen and oxygen atoms in total. The molecule has 100 valence electrons. The number of sulfone groups is 1. The van der Waals surface area contributed by atoms with Crippen LogP contribution in [0, 0.1) is 6.92 Å². The molecule has 0 unspecified atom stereocenters. The molecular formula is C13H18O4S. The van der Waals surface area contributed by atoms with Crippen LogP contribution < -0.4 is 4.74 Å². The first kappa shape index (κ1) is 14.7. The third-order valence-electron chi connectivity index (χ3n) is 2.66. The monoisotopic (exact) mass is 270 g/mol. The fraction of sp³-hybridized carbons (Fsp3) is 0.462. The Morgan fingerprint density at radius 3 is 2.67 bits per heavy atom. The number of hydrogen-bond acceptors (Lipinski definition) is 4. The van der Waals surface area contributed by atoms with Gasteiger partial charge in [0.2, 0.25) is 0 Å². The maximum Gasteiger partial charge on any atom is 0.153 e. The molecule has 0 fully saturated rings. The molecule has 1 rings (SSSR count). The lowest BCUT2D eigenvalue weighted by Gasteiger charge is -2.11. The highest BCUT2D eigenvalue weighted by Gasteiger charge is 2.09. The largest absolute Gasteiger partial charge is 0.493 e. The summed E-state index contributed by atoms with van der Waals surface area (Å²) in [5.74, 6) is 0.810. The van der Waals surface area contributed by atoms with Gasteiger partial charge in [0.05, 0.1) is 17.9 Å². The summed E-state index contributed by atoms with van der Waals surface area (Å²) >= 11 is 0. The molecule has 0 saturated carbocycles. The number of hydrogen-bond donors (Lipinski definition) is 0. The quantitative estimate of drug-likeness (QED) is 0.561. The Hall–Kier alpha value is -1.36. The predicted molar refractivity (Wildman–Crippen MR) is 71.0 cm³/mol. The Bertz CT molecular complexity index is 506. The molecule has 0 spiro atoms. The van der Waals surface area contributed by atoms with Crippen LogP contribution in [0.3, 0.4) is 0 Å². The van der Waals surface area contributed by atoms with Gasteiger partial charge in [-0.25, -0.2) is 8.42 Å². The van der Waals surface area contributed by atoms with Crippen LogP contribution in [0.5, 0.6) is 5.75 Å². The van der Waals surface area contributed by atoms with Gasteiger partial charge in [-0.15, -0.1) is 0 Å². The zero-order valence-corrected chi connectivity index (χ0v) is 11.5. The second-order valence-electron chi connectivity index (χ2n) is 4.05. The zero-order valence-electron chi connectivity index (χ0n) is 10.7. The maximum absolute atomic E-state index is 11.3. The van der Waals surface area contributed by atoms with E-state index in [4.69, 9.17) is 4.74 Å². The van der Waals surface area contributed by atoms with Crippen molar-refractivity contribution in [2.45, 2.75) is 20.3 Å². The van der Waals surface area contributed by atoms with Gasteiger partial charge in [0.25, 0.3) is 0 Å². The lowest BCUT2D eigenvalue weighted by molar-refractivity contribution is 0.111. The molecule has 1 aromatic carbocycles. The summed E-state index contributed by atoms with van der Waals surface area (Å²) in [6.07, 6.45) is 1.17. The van der Waals surface area contributed by atoms with Crippen LogP contribution in [0.2, 0.25) is 0 Å². The highest BCUT2D eigenvalue weighted by molar-refractivity contribution is 7.91. The molecule has 0 aliphatic heterocycles. The number of para-hydroxylation sites is 1. The van der Waals surface area contributed by atoms with Crippen molar-refractivity contribution in [2.24, 2.45) is 0 Å². The lowest BCUT2D eigenvalue weighted by atomic mass is 10.1. The summed E-state index contributed by atoms with van der Waals surface area (Å²) < 4.78 is 28.1. The third kappa shape index (κ3) is 4.14. The van der Waals surface area contributed by atoms with Crippen LogP contribution in [-0.4, -0.2) is 32.8 Å². The maximum atomic E-state index is 11.3. The van der Waals surface area contributed by atoms with E-state index in [1.165, 1.54) is 0 Å². The van der Waals surface area contributed by atoms with E-state index in [0.717, 1.165) is 11.8 Å². The van der Waals surface area contributed by atoms with Gasteiger partial charge in [0.1, 0.15) is 15.6 Å². The first-order valence-corrected chi connectivity index (χ1v) is 7.70. The van der Waals surface area contributed by atoms with E-state index in [9.17, 15) is 13.2 Å². The number of rotatable bonds is 7. The summed E-state index contributed by atoms with van der Waals surface area (Å²) in [5.41, 5.74) is 1.37. The molecule has 0 N–H and O–H groups in total. The van der Waals surface area contributed by atoms with E-state index in [-0.39, 0.29) is 11.5 Å². The molecule has 0 aliphatic rings. The topological polar surface area (TPSA) is 60.4 Å². The van der Waals surface area contributed by atoms with Gasteiger partial charge in [-0.3, -0.25) is 4.79 Å². The van der Waals surface area contributed by atoms with Gasteiger partial charge in [-0.1, -0.05) is 19.1 Å². The van der Waals surface area contributed by atoms with Crippen molar-refractivity contribution >= 4 is 16.1 Å². The number of aryl methyl sites for hydroxylation is 1. The van der Waals surface area contributed by atoms with Crippen LogP contribution in [0.25, 0.3) is 0 Å². The molecule has 0 amide bonds. The molecule has 0 radical (unpaired) electrons. The first-order valence-electron chi connectivity index (χ1n) is 5.88. The van der Waals surface area contributed by atoms with Gasteiger partial charge in [0, 0.05) is 5.75 Å². The highest BCUT2D eigenvalue weighted by Crippen LogP contribution is 2.21. The summed E-state index contributed by atoms with van der Waals surface area (Å²) in [6.45, 7) is 3.78. The van der Waals surface area contributed by atoms with Crippen LogP contribution in [0.4, 0.5) is 0 Å². The summed E-state index contributed by atoms with van der Waals surface area (Å²) in [6, 6.07) is 5.32. The summed E-state index contributed by atoms with van der Waals surface area (Å²) in [5, 5.41) is 0. The summed E-state index contributed by atoms with van der Waals surface area (Å²) in [4.78, 5) is 10.8. The van der Waals surface area contributed by atoms with Crippen molar-refractivity contribution in [1.82, 2.24) is 0 Å². The molecule has 0 saturated heterocycles. The number of aldehydes is 1. The molecule has 1 aromatic rings. The van der Waals surface area contributed by atoms with Gasteiger partial charge in [-0.05, 0) is 25.0 Å². The van der Waals surface area contributed by atoms with E-state index in [1.54, 1.807) is 19.1 Å². The molecular weight excluding hydrogens is 252 g/mol. The van der Waals surface area contributed by atoms with Gasteiger partial charge < -0.3 is 4.74 Å². The standard InChI is InChI=1S/C13H18O4S/c1-3-18(15,16)9-5-8-17-13-11(2)6-4-7-12(13)10-14/h4,6-7,10H,3,5,8-9H2,1-2H3. The number of benzene rings is 1. The average Bonchev–Trinajstić information content (AvgIpc) is 2.36. The van der Waals surface area contributed by atoms with Crippen LogP contribution in [0.15, 0.2) is 18.2 Å². The number of ether oxygens (including phenoxy) is 1. The zero-order chi connectivity index (χ0) is 13.6. The lowest BCUT2D eigenvalue weighted by Crippen LogP contribution is -2.12. The van der Waals surface area contributed by atoms with Crippen molar-refractivity contribution in [3.63, 3.8) is 0 Å². The molecule has 0 aliphatic carbocycles. The molecule has 0 aromatic heterocycles. The predicted octanol–water partition coefficient (Wildman–Crippen LogP) is 2.01. The normalized spacial score (nSPS) is 11.2. The van der Waals surface area contributed by atoms with Crippen molar-refractivity contribution < 1.29 is 17.9 Å². The van der Waals surface area contributed by atoms with Crippen LogP contribution in [0.1, 0.15) is 29.3 Å². The first-order chi connectivity index (χ1) is 8.50. The minimum atomic E-state index is -2.95. The SMILES string of the molecule is CCS(=O)(=O)CCCOc1c(C)cccc1C=O. The fourth-order valence-electron chi connectivity index (χ4n) is 1.56. The van der Waals surface area contributed by atoms with Gasteiger partial charge in [-0.2, -0.15) is 0 Å². The van der Waals surface area contributed by atoms with Gasteiger partial charge in [0.15, 0.2) is 6.29 Å². The van der Waals surface area contributed by atoms with E-state index >= 15 is 0 Å². The average molecular weight is 270 g/mol. The minimum Gasteiger partial charge on any atom is -0.493 e. The number of carbonyl (C=O) groups is 1. The second-order valence-corrected chi connectivity index (χ2v) is 6.52. The van der Waals surface area contributed by atoms with E-state index in [2.05, 4.69) is 0 Å². The Balaban J connectivity index is 2.57. The molecule has 18 heavy (non-hydrogen) atoms. The van der Waals surface area contributed by atoms with Crippen molar-refractivity contribution in [3.05, 3.63) is 29.3 Å². The Morgan fingerprint density at radius 1 is 1.33 bits per heavy atom. The van der Waals surface area contributed by atoms with Gasteiger partial charge >= 0.3 is 0 Å². The third-order valence-corrected chi connectivity index (χ3v) is 4.45. The van der Waals surface area contributed by atoms with E-state index in [0.29, 0.717) is 24.3 Å². The molecule has 0 atom stereocenters. The second kappa shape index (κ2) is 6.54. The Kier molecular flexibility index (Phi) is 5.34. The fourth-order valence-corrected chi connectivity index (χ4v) is 2.41. The highest BCUT2D eigenvalue weighted by atomic mass is 32.2. The molecule has 0 heterocycles. The summed E-state index contributed by atoms with van der Waals surface area (Å²) in [7, 11) is -2.95. The van der Waals surface area contributed by atoms with Crippen LogP contribution >= 0.6 is 0 Å². The van der Waals surface area contributed by atoms with Crippen molar-refractivity contribution in [1.29, 1.82) is 0 Å². The number of carbonyl (C=O) groups excluding carboxylic acids is 1. The smallest absolute Gasteiger partial charge is 0.153 e. The minimum absolute atomic E-state index is 0.117. The van der Waals surface area contributed by atoms with Crippen molar-refractivity contribution in [3.8, 4) is 5.75 Å². The van der Waals surface area contributed by atoms with E-state index < -0.39 is 9.84 Å². The van der Waals surface area contributed by atoms with Crippen LogP contribution in [-0.2, 0) is 9.84 Å². The van der Waals surface area contributed by atoms with Crippen molar-refractivity contribution in [2.75, 3.05) is 18.1 Å². The Morgan fingerprint density at radius 2 is 2.06 bits per heavy atom. The molecule has 0 bridgehead atoms. The Labute approximate surface area is 108 Å². The molecule has 5 heteroatoms.